The smallest absolute Gasteiger partial charge is 0.266 e. The molecule has 3 aromatic rings. The Morgan fingerprint density at radius 3 is 2.46 bits per heavy atom. The first kappa shape index (κ1) is 26.5. The van der Waals surface area contributed by atoms with E-state index in [-0.39, 0.29) is 18.7 Å². The van der Waals surface area contributed by atoms with Crippen LogP contribution in [0.4, 0.5) is 19.0 Å². The SMILES string of the molecule is COc1cc2nc(C)nc(N[C@H](C)c3cccc(C(F)F)c3F)c2cc1OCCN(C)S(C)(=O)=O. The molecule has 1 atom stereocenters. The van der Waals surface area contributed by atoms with Gasteiger partial charge in [-0.2, -0.15) is 0 Å². The third-order valence-corrected chi connectivity index (χ3v) is 6.75. The fourth-order valence-corrected chi connectivity index (χ4v) is 3.85. The molecule has 0 bridgehead atoms. The zero-order valence-electron chi connectivity index (χ0n) is 20.0. The fraction of sp³-hybridized carbons (Fsp3) is 0.391. The Morgan fingerprint density at radius 1 is 1.14 bits per heavy atom. The van der Waals surface area contributed by atoms with Gasteiger partial charge in [0.2, 0.25) is 10.0 Å². The number of sulfonamides is 1. The van der Waals surface area contributed by atoms with Gasteiger partial charge in [-0.05, 0) is 19.9 Å². The highest BCUT2D eigenvalue weighted by Gasteiger charge is 2.21. The summed E-state index contributed by atoms with van der Waals surface area (Å²) in [6.07, 6.45) is -1.83. The predicted octanol–water partition coefficient (Wildman–Crippen LogP) is 4.47. The maximum Gasteiger partial charge on any atom is 0.266 e. The monoisotopic (exact) mass is 512 g/mol. The lowest BCUT2D eigenvalue weighted by Gasteiger charge is -2.20. The van der Waals surface area contributed by atoms with Crippen LogP contribution in [0.3, 0.4) is 0 Å². The average molecular weight is 513 g/mol. The van der Waals surface area contributed by atoms with Crippen LogP contribution in [0, 0.1) is 12.7 Å². The second kappa shape index (κ2) is 10.6. The van der Waals surface area contributed by atoms with Crippen LogP contribution < -0.4 is 14.8 Å². The number of benzene rings is 2. The van der Waals surface area contributed by atoms with E-state index in [0.29, 0.717) is 34.0 Å². The molecule has 0 spiro atoms. The summed E-state index contributed by atoms with van der Waals surface area (Å²) in [7, 11) is -0.451. The predicted molar refractivity (Wildman–Crippen MR) is 127 cm³/mol. The van der Waals surface area contributed by atoms with Crippen molar-refractivity contribution in [2.24, 2.45) is 0 Å². The standard InChI is InChI=1S/C23H27F3N4O4S/c1-13(15-7-6-8-16(21(15)24)22(25)26)27-23-17-11-20(34-10-9-30(3)35(5,31)32)19(33-4)12-18(17)28-14(2)29-23/h6-8,11-13,22H,9-10H2,1-5H3,(H,27,28,29)/t13-/m1/s1. The third kappa shape index (κ3) is 6.12. The number of likely N-dealkylation sites (N-methyl/N-ethyl adjacent to an activating group) is 1. The molecule has 0 unspecified atom stereocenters. The molecule has 0 radical (unpaired) electrons. The number of halogens is 3. The van der Waals surface area contributed by atoms with Gasteiger partial charge >= 0.3 is 0 Å². The molecule has 0 aliphatic rings. The molecule has 0 saturated heterocycles. The Morgan fingerprint density at radius 2 is 1.83 bits per heavy atom. The van der Waals surface area contributed by atoms with E-state index in [1.807, 2.05) is 0 Å². The number of aromatic nitrogens is 2. The van der Waals surface area contributed by atoms with Gasteiger partial charge in [0.25, 0.3) is 6.43 Å². The summed E-state index contributed by atoms with van der Waals surface area (Å²) in [5.74, 6) is 0.517. The average Bonchev–Trinajstić information content (AvgIpc) is 2.77. The first-order valence-electron chi connectivity index (χ1n) is 10.7. The number of aryl methyl sites for hydroxylation is 1. The van der Waals surface area contributed by atoms with E-state index < -0.39 is 33.9 Å². The van der Waals surface area contributed by atoms with E-state index in [9.17, 15) is 21.6 Å². The van der Waals surface area contributed by atoms with E-state index in [0.717, 1.165) is 16.6 Å². The van der Waals surface area contributed by atoms with Crippen LogP contribution in [0.5, 0.6) is 11.5 Å². The number of fused-ring (bicyclic) bond motifs is 1. The van der Waals surface area contributed by atoms with Crippen molar-refractivity contribution < 1.29 is 31.1 Å². The van der Waals surface area contributed by atoms with Gasteiger partial charge in [0, 0.05) is 30.6 Å². The quantitative estimate of drug-likeness (QED) is 0.429. The highest BCUT2D eigenvalue weighted by atomic mass is 32.2. The van der Waals surface area contributed by atoms with E-state index in [1.165, 1.54) is 26.3 Å². The molecule has 3 rings (SSSR count). The van der Waals surface area contributed by atoms with Gasteiger partial charge in [0.15, 0.2) is 11.5 Å². The van der Waals surface area contributed by atoms with Crippen LogP contribution in [0.1, 0.15) is 36.3 Å². The summed E-state index contributed by atoms with van der Waals surface area (Å²) in [5, 5.41) is 3.62. The second-order valence-electron chi connectivity index (χ2n) is 7.99. The van der Waals surface area contributed by atoms with Gasteiger partial charge in [-0.15, -0.1) is 0 Å². The maximum absolute atomic E-state index is 14.7. The fourth-order valence-electron chi connectivity index (χ4n) is 3.44. The van der Waals surface area contributed by atoms with Gasteiger partial charge in [-0.25, -0.2) is 35.9 Å². The lowest BCUT2D eigenvalue weighted by atomic mass is 10.0. The second-order valence-corrected chi connectivity index (χ2v) is 10.1. The van der Waals surface area contributed by atoms with E-state index in [2.05, 4.69) is 15.3 Å². The van der Waals surface area contributed by atoms with E-state index in [1.54, 1.807) is 26.0 Å². The molecule has 0 aliphatic carbocycles. The number of ether oxygens (including phenoxy) is 2. The largest absolute Gasteiger partial charge is 0.493 e. The zero-order valence-corrected chi connectivity index (χ0v) is 20.8. The summed E-state index contributed by atoms with van der Waals surface area (Å²) in [6, 6.07) is 6.46. The number of anilines is 1. The Bertz CT molecular complexity index is 1320. The summed E-state index contributed by atoms with van der Waals surface area (Å²) >= 11 is 0. The molecule has 0 saturated carbocycles. The zero-order chi connectivity index (χ0) is 25.9. The van der Waals surface area contributed by atoms with Crippen molar-refractivity contribution >= 4 is 26.7 Å². The first-order chi connectivity index (χ1) is 16.4. The van der Waals surface area contributed by atoms with Crippen molar-refractivity contribution in [3.8, 4) is 11.5 Å². The Labute approximate surface area is 202 Å². The van der Waals surface area contributed by atoms with Gasteiger partial charge in [-0.3, -0.25) is 0 Å². The molecule has 1 heterocycles. The van der Waals surface area contributed by atoms with Crippen LogP contribution in [0.2, 0.25) is 0 Å². The van der Waals surface area contributed by atoms with Crippen molar-refractivity contribution in [1.29, 1.82) is 0 Å². The minimum atomic E-state index is -3.36. The van der Waals surface area contributed by atoms with Gasteiger partial charge in [-0.1, -0.05) is 18.2 Å². The number of hydrogen-bond acceptors (Lipinski definition) is 7. The summed E-state index contributed by atoms with van der Waals surface area (Å²) in [4.78, 5) is 8.83. The van der Waals surface area contributed by atoms with Crippen LogP contribution in [0.25, 0.3) is 10.9 Å². The Balaban J connectivity index is 1.95. The summed E-state index contributed by atoms with van der Waals surface area (Å²) in [6.45, 7) is 3.50. The third-order valence-electron chi connectivity index (χ3n) is 5.44. The molecular formula is C23H27F3N4O4S. The first-order valence-corrected chi connectivity index (χ1v) is 12.5. The van der Waals surface area contributed by atoms with Gasteiger partial charge in [0.05, 0.1) is 30.5 Å². The Hall–Kier alpha value is -3.12. The maximum atomic E-state index is 14.7. The molecular weight excluding hydrogens is 485 g/mol. The van der Waals surface area contributed by atoms with Gasteiger partial charge in [0.1, 0.15) is 24.1 Å². The van der Waals surface area contributed by atoms with Crippen molar-refractivity contribution in [2.45, 2.75) is 26.3 Å². The summed E-state index contributed by atoms with van der Waals surface area (Å²) < 4.78 is 76.5. The number of rotatable bonds is 10. The minimum absolute atomic E-state index is 0.0585. The van der Waals surface area contributed by atoms with Crippen LogP contribution in [-0.4, -0.2) is 56.3 Å². The van der Waals surface area contributed by atoms with Crippen LogP contribution in [0.15, 0.2) is 30.3 Å². The van der Waals surface area contributed by atoms with Crippen molar-refractivity contribution in [1.82, 2.24) is 14.3 Å². The lowest BCUT2D eigenvalue weighted by Crippen LogP contribution is -2.29. The topological polar surface area (TPSA) is 93.7 Å². The van der Waals surface area contributed by atoms with Crippen molar-refractivity contribution in [3.05, 3.63) is 53.1 Å². The Kier molecular flexibility index (Phi) is 8.06. The lowest BCUT2D eigenvalue weighted by molar-refractivity contribution is 0.146. The number of alkyl halides is 2. The van der Waals surface area contributed by atoms with E-state index in [4.69, 9.17) is 9.47 Å². The minimum Gasteiger partial charge on any atom is -0.493 e. The molecule has 0 aliphatic heterocycles. The molecule has 0 fully saturated rings. The molecule has 0 amide bonds. The van der Waals surface area contributed by atoms with Gasteiger partial charge < -0.3 is 14.8 Å². The molecule has 1 N–H and O–H groups in total. The molecule has 8 nitrogen and oxygen atoms in total. The number of nitrogens with zero attached hydrogens (tertiary/aromatic N) is 3. The van der Waals surface area contributed by atoms with Crippen molar-refractivity contribution in [2.75, 3.05) is 38.9 Å². The highest BCUT2D eigenvalue weighted by Crippen LogP contribution is 2.36. The van der Waals surface area contributed by atoms with E-state index >= 15 is 0 Å². The van der Waals surface area contributed by atoms with Crippen LogP contribution >= 0.6 is 0 Å². The number of nitrogens with one attached hydrogen (secondary N) is 1. The highest BCUT2D eigenvalue weighted by molar-refractivity contribution is 7.88. The normalized spacial score (nSPS) is 12.9. The molecule has 12 heteroatoms. The molecule has 2 aromatic carbocycles. The summed E-state index contributed by atoms with van der Waals surface area (Å²) in [5.41, 5.74) is -0.0770. The van der Waals surface area contributed by atoms with Crippen molar-refractivity contribution in [3.63, 3.8) is 0 Å². The number of methoxy groups -OCH3 is 1. The van der Waals surface area contributed by atoms with Crippen LogP contribution in [-0.2, 0) is 10.0 Å². The molecule has 190 valence electrons. The molecule has 35 heavy (non-hydrogen) atoms. The number of hydrogen-bond donors (Lipinski definition) is 1. The molecule has 1 aromatic heterocycles.